The van der Waals surface area contributed by atoms with E-state index in [4.69, 9.17) is 5.73 Å². The highest BCUT2D eigenvalue weighted by Gasteiger charge is 2.17. The highest BCUT2D eigenvalue weighted by Crippen LogP contribution is 2.14. The molecule has 3 nitrogen and oxygen atoms in total. The molecule has 0 saturated carbocycles. The van der Waals surface area contributed by atoms with Crippen LogP contribution in [0, 0.1) is 0 Å². The molecular weight excluding hydrogens is 200 g/mol. The second-order valence-corrected chi connectivity index (χ2v) is 4.56. The smallest absolute Gasteiger partial charge is 0.0667 e. The predicted octanol–water partition coefficient (Wildman–Crippen LogP) is 1.10. The van der Waals surface area contributed by atoms with Gasteiger partial charge in [-0.25, -0.2) is 0 Å². The predicted molar refractivity (Wildman–Crippen MR) is 64.9 cm³/mol. The van der Waals surface area contributed by atoms with E-state index in [1.54, 1.807) is 0 Å². The van der Waals surface area contributed by atoms with Crippen LogP contribution in [0.4, 0.5) is 0 Å². The van der Waals surface area contributed by atoms with Crippen molar-refractivity contribution in [2.24, 2.45) is 5.73 Å². The molecular formula is C13H20N2O. The Labute approximate surface area is 96.9 Å². The van der Waals surface area contributed by atoms with Gasteiger partial charge in [0.2, 0.25) is 0 Å². The summed E-state index contributed by atoms with van der Waals surface area (Å²) in [5.74, 6) is 0. The van der Waals surface area contributed by atoms with Crippen molar-refractivity contribution < 1.29 is 5.11 Å². The van der Waals surface area contributed by atoms with Crippen LogP contribution in [-0.2, 0) is 13.1 Å². The molecule has 1 unspecified atom stereocenters. The second-order valence-electron chi connectivity index (χ2n) is 4.56. The number of aliphatic hydroxyl groups is 1. The molecule has 16 heavy (non-hydrogen) atoms. The quantitative estimate of drug-likeness (QED) is 0.802. The zero-order valence-electron chi connectivity index (χ0n) is 9.60. The Hall–Kier alpha value is -0.900. The highest BCUT2D eigenvalue weighted by molar-refractivity contribution is 5.23. The molecule has 0 bridgehead atoms. The van der Waals surface area contributed by atoms with Crippen molar-refractivity contribution in [3.8, 4) is 0 Å². The lowest BCUT2D eigenvalue weighted by atomic mass is 10.1. The number of aliphatic hydroxyl groups excluding tert-OH is 1. The van der Waals surface area contributed by atoms with E-state index in [9.17, 15) is 5.11 Å². The standard InChI is InChI=1S/C13H20N2O/c14-8-11-3-1-4-12(7-11)9-15-6-2-5-13(16)10-15/h1,3-4,7,13,16H,2,5-6,8-10,14H2. The van der Waals surface area contributed by atoms with Crippen molar-refractivity contribution in [3.05, 3.63) is 35.4 Å². The van der Waals surface area contributed by atoms with Gasteiger partial charge in [-0.3, -0.25) is 4.90 Å². The largest absolute Gasteiger partial charge is 0.392 e. The van der Waals surface area contributed by atoms with Crippen molar-refractivity contribution in [2.45, 2.75) is 32.0 Å². The first-order valence-corrected chi connectivity index (χ1v) is 5.96. The number of piperidine rings is 1. The molecule has 1 saturated heterocycles. The third kappa shape index (κ3) is 3.04. The maximum atomic E-state index is 9.60. The van der Waals surface area contributed by atoms with Gasteiger partial charge in [0.1, 0.15) is 0 Å². The number of likely N-dealkylation sites (tertiary alicyclic amines) is 1. The molecule has 0 aromatic heterocycles. The van der Waals surface area contributed by atoms with Crippen molar-refractivity contribution in [2.75, 3.05) is 13.1 Å². The molecule has 1 aliphatic rings. The first-order chi connectivity index (χ1) is 7.78. The Morgan fingerprint density at radius 2 is 2.19 bits per heavy atom. The molecule has 0 aliphatic carbocycles. The molecule has 3 heteroatoms. The first kappa shape index (κ1) is 11.6. The van der Waals surface area contributed by atoms with Gasteiger partial charge in [0.25, 0.3) is 0 Å². The fraction of sp³-hybridized carbons (Fsp3) is 0.538. The van der Waals surface area contributed by atoms with Crippen LogP contribution in [0.25, 0.3) is 0 Å². The molecule has 1 aliphatic heterocycles. The van der Waals surface area contributed by atoms with Gasteiger partial charge in [0, 0.05) is 19.6 Å². The molecule has 1 heterocycles. The van der Waals surface area contributed by atoms with E-state index < -0.39 is 0 Å². The molecule has 1 atom stereocenters. The Kier molecular flexibility index (Phi) is 3.93. The van der Waals surface area contributed by atoms with E-state index in [2.05, 4.69) is 29.2 Å². The van der Waals surface area contributed by atoms with Gasteiger partial charge in [0.15, 0.2) is 0 Å². The number of benzene rings is 1. The lowest BCUT2D eigenvalue weighted by Crippen LogP contribution is -2.37. The summed E-state index contributed by atoms with van der Waals surface area (Å²) in [6.07, 6.45) is 1.89. The van der Waals surface area contributed by atoms with E-state index in [1.165, 1.54) is 11.1 Å². The van der Waals surface area contributed by atoms with Crippen LogP contribution in [0.5, 0.6) is 0 Å². The van der Waals surface area contributed by atoms with Gasteiger partial charge in [-0.15, -0.1) is 0 Å². The molecule has 2 rings (SSSR count). The lowest BCUT2D eigenvalue weighted by molar-refractivity contribution is 0.0668. The lowest BCUT2D eigenvalue weighted by Gasteiger charge is -2.30. The van der Waals surface area contributed by atoms with E-state index >= 15 is 0 Å². The zero-order chi connectivity index (χ0) is 11.4. The first-order valence-electron chi connectivity index (χ1n) is 5.96. The number of β-amino-alcohol motifs (C(OH)–C–C–N with tert-alkyl or cyclic N) is 1. The summed E-state index contributed by atoms with van der Waals surface area (Å²) in [4.78, 5) is 2.31. The summed E-state index contributed by atoms with van der Waals surface area (Å²) in [6.45, 7) is 3.40. The van der Waals surface area contributed by atoms with Crippen LogP contribution in [0.15, 0.2) is 24.3 Å². The Morgan fingerprint density at radius 1 is 1.38 bits per heavy atom. The van der Waals surface area contributed by atoms with Gasteiger partial charge in [-0.05, 0) is 30.5 Å². The molecule has 0 radical (unpaired) electrons. The van der Waals surface area contributed by atoms with E-state index in [0.717, 1.165) is 32.5 Å². The molecule has 1 aromatic rings. The fourth-order valence-electron chi connectivity index (χ4n) is 2.29. The number of nitrogens with two attached hydrogens (primary N) is 1. The van der Waals surface area contributed by atoms with Crippen molar-refractivity contribution in [1.29, 1.82) is 0 Å². The maximum absolute atomic E-state index is 9.60. The third-order valence-electron chi connectivity index (χ3n) is 3.11. The molecule has 0 amide bonds. The van der Waals surface area contributed by atoms with E-state index in [0.29, 0.717) is 6.54 Å². The fourth-order valence-corrected chi connectivity index (χ4v) is 2.29. The summed E-state index contributed by atoms with van der Waals surface area (Å²) >= 11 is 0. The minimum atomic E-state index is -0.147. The normalized spacial score (nSPS) is 22.2. The molecule has 88 valence electrons. The average molecular weight is 220 g/mol. The minimum absolute atomic E-state index is 0.147. The van der Waals surface area contributed by atoms with E-state index in [1.807, 2.05) is 0 Å². The molecule has 0 spiro atoms. The van der Waals surface area contributed by atoms with Gasteiger partial charge < -0.3 is 10.8 Å². The molecule has 1 fully saturated rings. The molecule has 1 aromatic carbocycles. The van der Waals surface area contributed by atoms with Crippen molar-refractivity contribution in [3.63, 3.8) is 0 Å². The summed E-state index contributed by atoms with van der Waals surface area (Å²) in [5, 5.41) is 9.60. The van der Waals surface area contributed by atoms with Gasteiger partial charge in [-0.1, -0.05) is 24.3 Å². The SMILES string of the molecule is NCc1cccc(CN2CCCC(O)C2)c1. The van der Waals surface area contributed by atoms with Crippen LogP contribution in [-0.4, -0.2) is 29.2 Å². The van der Waals surface area contributed by atoms with Crippen LogP contribution in [0.1, 0.15) is 24.0 Å². The summed E-state index contributed by atoms with van der Waals surface area (Å²) in [7, 11) is 0. The summed E-state index contributed by atoms with van der Waals surface area (Å²) in [6, 6.07) is 8.38. The van der Waals surface area contributed by atoms with Crippen LogP contribution in [0.2, 0.25) is 0 Å². The number of nitrogens with zero attached hydrogens (tertiary/aromatic N) is 1. The minimum Gasteiger partial charge on any atom is -0.392 e. The van der Waals surface area contributed by atoms with Gasteiger partial charge in [-0.2, -0.15) is 0 Å². The molecule has 3 N–H and O–H groups in total. The number of rotatable bonds is 3. The maximum Gasteiger partial charge on any atom is 0.0667 e. The van der Waals surface area contributed by atoms with E-state index in [-0.39, 0.29) is 6.10 Å². The highest BCUT2D eigenvalue weighted by atomic mass is 16.3. The van der Waals surface area contributed by atoms with Crippen LogP contribution in [0.3, 0.4) is 0 Å². The van der Waals surface area contributed by atoms with Crippen LogP contribution >= 0.6 is 0 Å². The Balaban J connectivity index is 1.97. The third-order valence-corrected chi connectivity index (χ3v) is 3.11. The van der Waals surface area contributed by atoms with Crippen molar-refractivity contribution >= 4 is 0 Å². The Bertz CT molecular complexity index is 340. The monoisotopic (exact) mass is 220 g/mol. The Morgan fingerprint density at radius 3 is 2.94 bits per heavy atom. The van der Waals surface area contributed by atoms with Gasteiger partial charge in [0.05, 0.1) is 6.10 Å². The number of hydrogen-bond acceptors (Lipinski definition) is 3. The number of hydrogen-bond donors (Lipinski definition) is 2. The van der Waals surface area contributed by atoms with Crippen LogP contribution < -0.4 is 5.73 Å². The average Bonchev–Trinajstić information content (AvgIpc) is 2.29. The summed E-state index contributed by atoms with van der Waals surface area (Å²) in [5.41, 5.74) is 8.09. The summed E-state index contributed by atoms with van der Waals surface area (Å²) < 4.78 is 0. The second kappa shape index (κ2) is 5.43. The topological polar surface area (TPSA) is 49.5 Å². The zero-order valence-corrected chi connectivity index (χ0v) is 9.60. The van der Waals surface area contributed by atoms with Crippen molar-refractivity contribution in [1.82, 2.24) is 4.90 Å². The van der Waals surface area contributed by atoms with Gasteiger partial charge >= 0.3 is 0 Å².